The molecule has 24 heavy (non-hydrogen) atoms. The van der Waals surface area contributed by atoms with Gasteiger partial charge >= 0.3 is 0 Å². The Morgan fingerprint density at radius 2 is 2.29 bits per heavy atom. The number of nitrogens with one attached hydrogen (secondary N) is 1. The summed E-state index contributed by atoms with van der Waals surface area (Å²) in [6.07, 6.45) is 3.77. The van der Waals surface area contributed by atoms with E-state index in [2.05, 4.69) is 25.1 Å². The molecule has 0 bridgehead atoms. The van der Waals surface area contributed by atoms with Crippen LogP contribution in [0.5, 0.6) is 0 Å². The van der Waals surface area contributed by atoms with Crippen LogP contribution in [-0.4, -0.2) is 36.2 Å². The quantitative estimate of drug-likeness (QED) is 0.786. The highest BCUT2D eigenvalue weighted by Gasteiger charge is 2.30. The zero-order chi connectivity index (χ0) is 16.7. The van der Waals surface area contributed by atoms with Crippen molar-refractivity contribution in [2.24, 2.45) is 0 Å². The zero-order valence-electron chi connectivity index (χ0n) is 13.8. The number of H-pyrrole nitrogens is 1. The van der Waals surface area contributed by atoms with E-state index >= 15 is 0 Å². The molecule has 1 aliphatic heterocycles. The normalized spacial score (nSPS) is 18.9. The number of nitrogens with zero attached hydrogens (tertiary/aromatic N) is 5. The Kier molecular flexibility index (Phi) is 3.68. The zero-order valence-corrected chi connectivity index (χ0v) is 13.8. The topological polar surface area (TPSA) is 92.3 Å². The van der Waals surface area contributed by atoms with Crippen LogP contribution in [0.4, 0.5) is 0 Å². The Hall–Kier alpha value is -2.48. The van der Waals surface area contributed by atoms with Crippen LogP contribution in [0.3, 0.4) is 0 Å². The summed E-state index contributed by atoms with van der Waals surface area (Å²) in [6.45, 7) is 5.61. The molecule has 0 amide bonds. The number of likely N-dealkylation sites (tertiary alicyclic amines) is 1. The molecule has 8 nitrogen and oxygen atoms in total. The Morgan fingerprint density at radius 1 is 1.42 bits per heavy atom. The van der Waals surface area contributed by atoms with E-state index in [0.29, 0.717) is 18.1 Å². The third-order valence-corrected chi connectivity index (χ3v) is 4.41. The molecular formula is C16H20N6O2. The Labute approximate surface area is 138 Å². The maximum Gasteiger partial charge on any atom is 0.272 e. The summed E-state index contributed by atoms with van der Waals surface area (Å²) in [6, 6.07) is 3.49. The minimum atomic E-state index is -0.0996. The van der Waals surface area contributed by atoms with Crippen molar-refractivity contribution < 1.29 is 4.52 Å². The molecule has 1 fully saturated rings. The fourth-order valence-corrected chi connectivity index (χ4v) is 3.19. The lowest BCUT2D eigenvalue weighted by Gasteiger charge is -2.21. The highest BCUT2D eigenvalue weighted by molar-refractivity contribution is 5.36. The molecule has 1 atom stereocenters. The van der Waals surface area contributed by atoms with Crippen LogP contribution in [0, 0.1) is 0 Å². The molecule has 0 unspecified atom stereocenters. The van der Waals surface area contributed by atoms with Crippen LogP contribution < -0.4 is 5.56 Å². The summed E-state index contributed by atoms with van der Waals surface area (Å²) in [5, 5.41) is 7.00. The lowest BCUT2D eigenvalue weighted by Crippen LogP contribution is -2.26. The molecule has 1 saturated heterocycles. The second-order valence-electron chi connectivity index (χ2n) is 6.52. The highest BCUT2D eigenvalue weighted by Crippen LogP contribution is 2.31. The molecular weight excluding hydrogens is 308 g/mol. The molecule has 3 aromatic heterocycles. The molecule has 0 radical (unpaired) electrons. The standard InChI is InChI=1S/C16H20N6O2/c1-10(2)16-19-15(20-24-16)12-4-3-7-21(12)9-11-8-14(23)22-13(18-11)5-6-17-22/h5-6,8,10,12,17H,3-4,7,9H2,1-2H3/t12-/m1/s1. The van der Waals surface area contributed by atoms with Crippen molar-refractivity contribution in [2.45, 2.75) is 45.2 Å². The number of rotatable bonds is 4. The van der Waals surface area contributed by atoms with Gasteiger partial charge in [0.2, 0.25) is 5.89 Å². The first-order valence-electron chi connectivity index (χ1n) is 8.25. The van der Waals surface area contributed by atoms with E-state index in [9.17, 15) is 4.79 Å². The van der Waals surface area contributed by atoms with Crippen LogP contribution in [-0.2, 0) is 6.54 Å². The van der Waals surface area contributed by atoms with E-state index < -0.39 is 0 Å². The van der Waals surface area contributed by atoms with Gasteiger partial charge in [-0.25, -0.2) is 9.50 Å². The van der Waals surface area contributed by atoms with Crippen molar-refractivity contribution in [3.05, 3.63) is 46.1 Å². The predicted octanol–water partition coefficient (Wildman–Crippen LogP) is 1.87. The van der Waals surface area contributed by atoms with Gasteiger partial charge in [0.15, 0.2) is 11.5 Å². The van der Waals surface area contributed by atoms with Gasteiger partial charge in [0.1, 0.15) is 0 Å². The number of hydrogen-bond donors (Lipinski definition) is 1. The summed E-state index contributed by atoms with van der Waals surface area (Å²) in [5.41, 5.74) is 1.30. The van der Waals surface area contributed by atoms with Crippen molar-refractivity contribution in [2.75, 3.05) is 6.54 Å². The molecule has 0 aromatic carbocycles. The molecule has 0 aliphatic carbocycles. The monoisotopic (exact) mass is 328 g/mol. The van der Waals surface area contributed by atoms with Gasteiger partial charge in [-0.3, -0.25) is 14.8 Å². The van der Waals surface area contributed by atoms with Gasteiger partial charge in [-0.1, -0.05) is 19.0 Å². The minimum absolute atomic E-state index is 0.0996. The molecule has 4 rings (SSSR count). The average molecular weight is 328 g/mol. The van der Waals surface area contributed by atoms with E-state index in [-0.39, 0.29) is 17.5 Å². The second kappa shape index (κ2) is 5.86. The molecule has 126 valence electrons. The Balaban J connectivity index is 1.58. The third kappa shape index (κ3) is 2.62. The van der Waals surface area contributed by atoms with Gasteiger partial charge in [0.25, 0.3) is 5.56 Å². The van der Waals surface area contributed by atoms with Gasteiger partial charge in [0, 0.05) is 30.8 Å². The first-order chi connectivity index (χ1) is 11.6. The number of aromatic nitrogens is 5. The summed E-state index contributed by atoms with van der Waals surface area (Å²) in [4.78, 5) is 23.4. The van der Waals surface area contributed by atoms with E-state index in [0.717, 1.165) is 30.9 Å². The maximum atomic E-state index is 12.1. The van der Waals surface area contributed by atoms with Crippen molar-refractivity contribution in [3.63, 3.8) is 0 Å². The van der Waals surface area contributed by atoms with Crippen molar-refractivity contribution in [1.29, 1.82) is 0 Å². The number of aromatic amines is 1. The first-order valence-corrected chi connectivity index (χ1v) is 8.25. The van der Waals surface area contributed by atoms with Crippen LogP contribution in [0.1, 0.15) is 56.1 Å². The fourth-order valence-electron chi connectivity index (χ4n) is 3.19. The minimum Gasteiger partial charge on any atom is -0.339 e. The fraction of sp³-hybridized carbons (Fsp3) is 0.500. The molecule has 1 aliphatic rings. The van der Waals surface area contributed by atoms with Crippen molar-refractivity contribution >= 4 is 5.65 Å². The van der Waals surface area contributed by atoms with Gasteiger partial charge in [-0.05, 0) is 19.4 Å². The Bertz CT molecular complexity index is 909. The van der Waals surface area contributed by atoms with E-state index in [1.54, 1.807) is 18.3 Å². The smallest absolute Gasteiger partial charge is 0.272 e. The molecule has 8 heteroatoms. The first kappa shape index (κ1) is 15.1. The van der Waals surface area contributed by atoms with Gasteiger partial charge in [-0.2, -0.15) is 4.98 Å². The van der Waals surface area contributed by atoms with Gasteiger partial charge < -0.3 is 4.52 Å². The lowest BCUT2D eigenvalue weighted by atomic mass is 10.2. The number of fused-ring (bicyclic) bond motifs is 1. The van der Waals surface area contributed by atoms with Crippen molar-refractivity contribution in [1.82, 2.24) is 29.6 Å². The van der Waals surface area contributed by atoms with Crippen LogP contribution in [0.25, 0.3) is 5.65 Å². The van der Waals surface area contributed by atoms with Crippen molar-refractivity contribution in [3.8, 4) is 0 Å². The summed E-state index contributed by atoms with van der Waals surface area (Å²) >= 11 is 0. The Morgan fingerprint density at radius 3 is 3.08 bits per heavy atom. The predicted molar refractivity (Wildman–Crippen MR) is 86.6 cm³/mol. The van der Waals surface area contributed by atoms with Crippen LogP contribution in [0.15, 0.2) is 27.6 Å². The summed E-state index contributed by atoms with van der Waals surface area (Å²) in [7, 11) is 0. The van der Waals surface area contributed by atoms with Crippen LogP contribution >= 0.6 is 0 Å². The highest BCUT2D eigenvalue weighted by atomic mass is 16.5. The number of hydrogen-bond acceptors (Lipinski definition) is 6. The van der Waals surface area contributed by atoms with Gasteiger partial charge in [-0.15, -0.1) is 0 Å². The van der Waals surface area contributed by atoms with E-state index in [1.807, 2.05) is 13.8 Å². The maximum absolute atomic E-state index is 12.1. The van der Waals surface area contributed by atoms with E-state index in [4.69, 9.17) is 4.52 Å². The second-order valence-corrected chi connectivity index (χ2v) is 6.52. The van der Waals surface area contributed by atoms with Crippen LogP contribution in [0.2, 0.25) is 0 Å². The molecule has 0 spiro atoms. The lowest BCUT2D eigenvalue weighted by molar-refractivity contribution is 0.231. The third-order valence-electron chi connectivity index (χ3n) is 4.41. The molecule has 4 heterocycles. The summed E-state index contributed by atoms with van der Waals surface area (Å²) < 4.78 is 6.77. The summed E-state index contributed by atoms with van der Waals surface area (Å²) in [5.74, 6) is 1.62. The average Bonchev–Trinajstić information content (AvgIpc) is 3.26. The molecule has 1 N–H and O–H groups in total. The van der Waals surface area contributed by atoms with Gasteiger partial charge in [0.05, 0.1) is 11.7 Å². The van der Waals surface area contributed by atoms with E-state index in [1.165, 1.54) is 4.52 Å². The molecule has 3 aromatic rings. The largest absolute Gasteiger partial charge is 0.339 e. The molecule has 0 saturated carbocycles. The SMILES string of the molecule is CC(C)c1nc([C@H]2CCCN2Cc2cc(=O)n3[nH]ccc3n2)no1.